The highest BCUT2D eigenvalue weighted by atomic mass is 16.6. The quantitative estimate of drug-likeness (QED) is 0.809. The Bertz CT molecular complexity index is 666. The van der Waals surface area contributed by atoms with Gasteiger partial charge in [0.05, 0.1) is 12.8 Å². The summed E-state index contributed by atoms with van der Waals surface area (Å²) < 4.78 is 43.8. The Labute approximate surface area is 131 Å². The molecule has 21 heavy (non-hydrogen) atoms. The van der Waals surface area contributed by atoms with Crippen molar-refractivity contribution in [2.24, 2.45) is 0 Å². The average molecular weight is 296 g/mol. The Kier molecular flexibility index (Phi) is 2.99. The second-order valence-electron chi connectivity index (χ2n) is 5.74. The molecule has 0 fully saturated rings. The first-order valence-corrected chi connectivity index (χ1v) is 6.65. The molecular formula is C16H24N2O3. The SMILES string of the molecule is [2H]C1c2cc(N)c(OC)cc2C([2H])C([2H])N(C(=O)OC(C)(C)C)C1[2H]. The number of nitrogens with two attached hydrogens (primary N) is 1. The van der Waals surface area contributed by atoms with Crippen LogP contribution in [0.25, 0.3) is 0 Å². The van der Waals surface area contributed by atoms with Gasteiger partial charge in [0.2, 0.25) is 0 Å². The first-order valence-electron chi connectivity index (χ1n) is 8.96. The van der Waals surface area contributed by atoms with Crippen LogP contribution in [0.4, 0.5) is 10.5 Å². The molecule has 1 aromatic carbocycles. The summed E-state index contributed by atoms with van der Waals surface area (Å²) >= 11 is 0. The minimum Gasteiger partial charge on any atom is -0.495 e. The molecule has 4 unspecified atom stereocenters. The van der Waals surface area contributed by atoms with Gasteiger partial charge in [-0.15, -0.1) is 0 Å². The molecule has 1 aliphatic heterocycles. The number of rotatable bonds is 1. The summed E-state index contributed by atoms with van der Waals surface area (Å²) in [7, 11) is 1.43. The number of ether oxygens (including phenoxy) is 2. The van der Waals surface area contributed by atoms with E-state index in [1.165, 1.54) is 19.2 Å². The zero-order valence-corrected chi connectivity index (χ0v) is 12.7. The lowest BCUT2D eigenvalue weighted by Crippen LogP contribution is -2.38. The van der Waals surface area contributed by atoms with Gasteiger partial charge in [-0.3, -0.25) is 0 Å². The molecule has 1 heterocycles. The van der Waals surface area contributed by atoms with Crippen LogP contribution in [0.2, 0.25) is 0 Å². The van der Waals surface area contributed by atoms with Gasteiger partial charge in [0.15, 0.2) is 0 Å². The van der Waals surface area contributed by atoms with Crippen molar-refractivity contribution in [3.8, 4) is 5.75 Å². The van der Waals surface area contributed by atoms with Crippen molar-refractivity contribution in [2.45, 2.75) is 39.2 Å². The highest BCUT2D eigenvalue weighted by Crippen LogP contribution is 2.28. The lowest BCUT2D eigenvalue weighted by atomic mass is 10.0. The zero-order chi connectivity index (χ0) is 19.1. The summed E-state index contributed by atoms with van der Waals surface area (Å²) in [6, 6.07) is 3.00. The Balaban J connectivity index is 2.50. The van der Waals surface area contributed by atoms with Crippen LogP contribution in [0.3, 0.4) is 0 Å². The number of benzene rings is 1. The molecule has 5 nitrogen and oxygen atoms in total. The number of hydrogen-bond donors (Lipinski definition) is 1. The fourth-order valence-corrected chi connectivity index (χ4v) is 1.90. The maximum Gasteiger partial charge on any atom is 0.410 e. The summed E-state index contributed by atoms with van der Waals surface area (Å²) in [4.78, 5) is 13.3. The third-order valence-electron chi connectivity index (χ3n) is 2.87. The first-order chi connectivity index (χ1) is 11.5. The topological polar surface area (TPSA) is 64.8 Å². The van der Waals surface area contributed by atoms with Crippen LogP contribution in [-0.2, 0) is 17.5 Å². The number of carbonyl (C=O) groups is 1. The molecular weight excluding hydrogens is 268 g/mol. The van der Waals surface area contributed by atoms with Crippen LogP contribution in [-0.4, -0.2) is 36.7 Å². The van der Waals surface area contributed by atoms with Gasteiger partial charge in [0.1, 0.15) is 11.4 Å². The molecule has 0 aliphatic carbocycles. The van der Waals surface area contributed by atoms with Crippen molar-refractivity contribution in [3.05, 3.63) is 23.3 Å². The molecule has 0 saturated carbocycles. The van der Waals surface area contributed by atoms with E-state index in [9.17, 15) is 4.79 Å². The van der Waals surface area contributed by atoms with Crippen molar-refractivity contribution in [3.63, 3.8) is 0 Å². The normalized spacial score (nSPS) is 31.9. The lowest BCUT2D eigenvalue weighted by molar-refractivity contribution is 0.0258. The van der Waals surface area contributed by atoms with Crippen molar-refractivity contribution in [1.82, 2.24) is 4.90 Å². The van der Waals surface area contributed by atoms with Crippen LogP contribution in [0, 0.1) is 0 Å². The fraction of sp³-hybridized carbons (Fsp3) is 0.562. The van der Waals surface area contributed by atoms with Gasteiger partial charge in [-0.2, -0.15) is 0 Å². The van der Waals surface area contributed by atoms with Crippen LogP contribution in [0.5, 0.6) is 5.75 Å². The van der Waals surface area contributed by atoms with Gasteiger partial charge in [-0.25, -0.2) is 4.79 Å². The minimum atomic E-state index is -1.39. The number of methoxy groups -OCH3 is 1. The van der Waals surface area contributed by atoms with E-state index in [4.69, 9.17) is 20.7 Å². The van der Waals surface area contributed by atoms with Gasteiger partial charge < -0.3 is 20.1 Å². The van der Waals surface area contributed by atoms with Gasteiger partial charge in [-0.1, -0.05) is 0 Å². The van der Waals surface area contributed by atoms with E-state index in [0.717, 1.165) is 4.90 Å². The molecule has 0 radical (unpaired) electrons. The Hall–Kier alpha value is -1.91. The second kappa shape index (κ2) is 5.84. The standard InChI is InChI=1S/C16H24N2O3/c1-16(2,3)21-15(19)18-7-5-11-9-13(17)14(20-4)10-12(11)6-8-18/h9-10H,5-8,17H2,1-4H3/i5D,6D,7D,8D. The molecule has 2 rings (SSSR count). The van der Waals surface area contributed by atoms with E-state index in [0.29, 0.717) is 16.9 Å². The second-order valence-corrected chi connectivity index (χ2v) is 5.74. The molecule has 0 saturated heterocycles. The number of hydrogen-bond acceptors (Lipinski definition) is 4. The molecule has 116 valence electrons. The fourth-order valence-electron chi connectivity index (χ4n) is 1.90. The molecule has 5 heteroatoms. The Morgan fingerprint density at radius 2 is 1.86 bits per heavy atom. The number of carbonyl (C=O) groups excluding carboxylic acids is 1. The minimum absolute atomic E-state index is 0.283. The van der Waals surface area contributed by atoms with E-state index in [-0.39, 0.29) is 5.69 Å². The van der Waals surface area contributed by atoms with Crippen molar-refractivity contribution >= 4 is 11.8 Å². The molecule has 1 aliphatic rings. The Morgan fingerprint density at radius 1 is 1.29 bits per heavy atom. The number of fused-ring (bicyclic) bond motifs is 1. The molecule has 4 atom stereocenters. The van der Waals surface area contributed by atoms with E-state index in [1.807, 2.05) is 0 Å². The van der Waals surface area contributed by atoms with Crippen LogP contribution in [0.1, 0.15) is 37.4 Å². The van der Waals surface area contributed by atoms with Gasteiger partial charge in [0.25, 0.3) is 0 Å². The Morgan fingerprint density at radius 3 is 2.38 bits per heavy atom. The predicted molar refractivity (Wildman–Crippen MR) is 82.6 cm³/mol. The third kappa shape index (κ3) is 3.80. The summed E-state index contributed by atoms with van der Waals surface area (Å²) in [5.41, 5.74) is 6.07. The summed E-state index contributed by atoms with van der Waals surface area (Å²) in [6.45, 7) is 2.25. The number of anilines is 1. The van der Waals surface area contributed by atoms with E-state index in [1.54, 1.807) is 20.8 Å². The number of aryl methyl sites for hydroxylation is 2. The monoisotopic (exact) mass is 296 g/mol. The molecule has 1 amide bonds. The molecule has 0 bridgehead atoms. The smallest absolute Gasteiger partial charge is 0.410 e. The van der Waals surface area contributed by atoms with E-state index < -0.39 is 37.5 Å². The van der Waals surface area contributed by atoms with E-state index >= 15 is 0 Å². The number of amides is 1. The van der Waals surface area contributed by atoms with Gasteiger partial charge in [0, 0.05) is 18.5 Å². The van der Waals surface area contributed by atoms with Crippen LogP contribution >= 0.6 is 0 Å². The molecule has 0 spiro atoms. The van der Waals surface area contributed by atoms with Crippen molar-refractivity contribution < 1.29 is 19.8 Å². The highest BCUT2D eigenvalue weighted by Gasteiger charge is 2.24. The molecule has 0 aromatic heterocycles. The number of nitrogen functional groups attached to an aromatic ring is 1. The summed E-state index contributed by atoms with van der Waals surface area (Å²) in [5, 5.41) is 0. The zero-order valence-electron chi connectivity index (χ0n) is 16.7. The van der Waals surface area contributed by atoms with Gasteiger partial charge >= 0.3 is 6.09 Å². The summed E-state index contributed by atoms with van der Waals surface area (Å²) in [6.07, 6.45) is -3.24. The van der Waals surface area contributed by atoms with Crippen LogP contribution in [0.15, 0.2) is 12.1 Å². The van der Waals surface area contributed by atoms with Gasteiger partial charge in [-0.05, 0) is 56.8 Å². The largest absolute Gasteiger partial charge is 0.495 e. The third-order valence-corrected chi connectivity index (χ3v) is 2.87. The van der Waals surface area contributed by atoms with Crippen LogP contribution < -0.4 is 10.5 Å². The molecule has 1 aromatic rings. The molecule has 2 N–H and O–H groups in total. The van der Waals surface area contributed by atoms with E-state index in [2.05, 4.69) is 0 Å². The van der Waals surface area contributed by atoms with Crippen molar-refractivity contribution in [1.29, 1.82) is 0 Å². The first kappa shape index (κ1) is 10.8. The average Bonchev–Trinajstić information content (AvgIpc) is 2.56. The predicted octanol–water partition coefficient (Wildman–Crippen LogP) is 2.61. The lowest BCUT2D eigenvalue weighted by Gasteiger charge is -2.26. The maximum absolute atomic E-state index is 12.5. The van der Waals surface area contributed by atoms with Crippen molar-refractivity contribution in [2.75, 3.05) is 25.9 Å². The highest BCUT2D eigenvalue weighted by molar-refractivity contribution is 5.68. The number of nitrogens with zero attached hydrogens (tertiary/aromatic N) is 1. The summed E-state index contributed by atoms with van der Waals surface area (Å²) in [5.74, 6) is 0.336. The maximum atomic E-state index is 12.5.